The van der Waals surface area contributed by atoms with Crippen LogP contribution in [0.15, 0.2) is 12.1 Å². The summed E-state index contributed by atoms with van der Waals surface area (Å²) < 4.78 is 4.63. The molecule has 88 valence electrons. The van der Waals surface area contributed by atoms with Gasteiger partial charge in [-0.15, -0.1) is 0 Å². The maximum atomic E-state index is 10.8. The monoisotopic (exact) mass is 263 g/mol. The van der Waals surface area contributed by atoms with Gasteiger partial charge >= 0.3 is 12.4 Å². The molecule has 16 heavy (non-hydrogen) atoms. The molecule has 0 atom stereocenters. The zero-order valence-corrected chi connectivity index (χ0v) is 10.3. The van der Waals surface area contributed by atoms with Crippen LogP contribution in [0.25, 0.3) is 0 Å². The predicted molar refractivity (Wildman–Crippen MR) is 61.9 cm³/mol. The van der Waals surface area contributed by atoms with Crippen LogP contribution in [0.1, 0.15) is 11.1 Å². The number of hydrogen-bond acceptors (Lipinski definition) is 4. The lowest BCUT2D eigenvalue weighted by atomic mass is 10.1. The highest BCUT2D eigenvalue weighted by Gasteiger charge is 2.24. The third-order valence-corrected chi connectivity index (χ3v) is 2.72. The molecule has 0 bridgehead atoms. The second-order valence-electron chi connectivity index (χ2n) is 3.19. The molecule has 1 aromatic rings. The van der Waals surface area contributed by atoms with Gasteiger partial charge in [-0.25, -0.2) is 0 Å². The molecule has 0 spiro atoms. The summed E-state index contributed by atoms with van der Waals surface area (Å²) in [5, 5.41) is 10.8. The first kappa shape index (κ1) is 13.1. The minimum Gasteiger partial charge on any atom is -0.417 e. The van der Waals surface area contributed by atoms with E-state index in [9.17, 15) is 10.1 Å². The van der Waals surface area contributed by atoms with Crippen LogP contribution in [0.5, 0.6) is 5.75 Å². The standard InChI is InChI=1S/C8H10NO5PS/c1-5-3-4-7(14-15(12,13)16)8(6(5)2)9(10)11/h3-4H,1-2H3,(H2,12,13,16). The van der Waals surface area contributed by atoms with Crippen molar-refractivity contribution in [2.75, 3.05) is 0 Å². The van der Waals surface area contributed by atoms with Crippen molar-refractivity contribution in [1.82, 2.24) is 0 Å². The van der Waals surface area contributed by atoms with Gasteiger partial charge in [-0.2, -0.15) is 0 Å². The zero-order valence-electron chi connectivity index (χ0n) is 8.58. The van der Waals surface area contributed by atoms with Gasteiger partial charge in [0.1, 0.15) is 0 Å². The first-order valence-corrected chi connectivity index (χ1v) is 6.84. The average molecular weight is 263 g/mol. The lowest BCUT2D eigenvalue weighted by Gasteiger charge is -2.12. The second kappa shape index (κ2) is 4.47. The van der Waals surface area contributed by atoms with Crippen molar-refractivity contribution in [2.24, 2.45) is 0 Å². The number of nitrogens with zero attached hydrogens (tertiary/aromatic N) is 1. The Bertz CT molecular complexity index is 484. The lowest BCUT2D eigenvalue weighted by Crippen LogP contribution is -1.99. The maximum absolute atomic E-state index is 10.8. The Kier molecular flexibility index (Phi) is 3.64. The quantitative estimate of drug-likeness (QED) is 0.490. The van der Waals surface area contributed by atoms with Gasteiger partial charge in [0.15, 0.2) is 0 Å². The van der Waals surface area contributed by atoms with Crippen LogP contribution in [0.4, 0.5) is 5.69 Å². The van der Waals surface area contributed by atoms with E-state index in [4.69, 9.17) is 9.79 Å². The Morgan fingerprint density at radius 2 is 2.00 bits per heavy atom. The zero-order chi connectivity index (χ0) is 12.5. The molecule has 0 heterocycles. The van der Waals surface area contributed by atoms with Crippen LogP contribution in [0.2, 0.25) is 0 Å². The second-order valence-corrected chi connectivity index (χ2v) is 5.78. The van der Waals surface area contributed by atoms with E-state index in [1.54, 1.807) is 19.9 Å². The molecule has 0 saturated heterocycles. The molecule has 6 nitrogen and oxygen atoms in total. The van der Waals surface area contributed by atoms with Gasteiger partial charge < -0.3 is 14.3 Å². The summed E-state index contributed by atoms with van der Waals surface area (Å²) in [5.74, 6) is -0.221. The fraction of sp³-hybridized carbons (Fsp3) is 0.250. The number of nitro benzene ring substituents is 1. The number of benzene rings is 1. The summed E-state index contributed by atoms with van der Waals surface area (Å²) in [6.45, 7) is -0.698. The number of rotatable bonds is 3. The summed E-state index contributed by atoms with van der Waals surface area (Å²) in [4.78, 5) is 28.1. The van der Waals surface area contributed by atoms with Gasteiger partial charge in [0.25, 0.3) is 0 Å². The Hall–Kier alpha value is -1.01. The van der Waals surface area contributed by atoms with Crippen LogP contribution in [-0.4, -0.2) is 14.7 Å². The first-order valence-electron chi connectivity index (χ1n) is 4.22. The van der Waals surface area contributed by atoms with Gasteiger partial charge in [-0.3, -0.25) is 10.1 Å². The molecule has 2 N–H and O–H groups in total. The Labute approximate surface area is 96.9 Å². The number of aryl methyl sites for hydroxylation is 1. The first-order chi connectivity index (χ1) is 7.22. The van der Waals surface area contributed by atoms with Gasteiger partial charge in [0.2, 0.25) is 5.75 Å². The van der Waals surface area contributed by atoms with Gasteiger partial charge in [-0.05, 0) is 25.5 Å². The molecule has 1 aromatic carbocycles. The Morgan fingerprint density at radius 1 is 1.44 bits per heavy atom. The van der Waals surface area contributed by atoms with E-state index >= 15 is 0 Å². The summed E-state index contributed by atoms with van der Waals surface area (Å²) in [6.07, 6.45) is 0. The summed E-state index contributed by atoms with van der Waals surface area (Å²) in [5.41, 5.74) is 0.825. The van der Waals surface area contributed by atoms with E-state index in [-0.39, 0.29) is 11.4 Å². The van der Waals surface area contributed by atoms with Crippen LogP contribution in [-0.2, 0) is 11.8 Å². The molecule has 0 aliphatic rings. The van der Waals surface area contributed by atoms with E-state index in [1.165, 1.54) is 6.07 Å². The van der Waals surface area contributed by atoms with E-state index in [0.717, 1.165) is 0 Å². The molecule has 0 fully saturated rings. The predicted octanol–water partition coefficient (Wildman–Crippen LogP) is 1.80. The smallest absolute Gasteiger partial charge is 0.375 e. The molecular weight excluding hydrogens is 253 g/mol. The van der Waals surface area contributed by atoms with Crippen molar-refractivity contribution < 1.29 is 19.2 Å². The van der Waals surface area contributed by atoms with Crippen molar-refractivity contribution in [3.05, 3.63) is 33.4 Å². The lowest BCUT2D eigenvalue weighted by molar-refractivity contribution is -0.386. The van der Waals surface area contributed by atoms with Crippen molar-refractivity contribution in [3.63, 3.8) is 0 Å². The summed E-state index contributed by atoms with van der Waals surface area (Å²) in [6, 6.07) is 2.89. The van der Waals surface area contributed by atoms with E-state index in [1.807, 2.05) is 0 Å². The van der Waals surface area contributed by atoms with Crippen molar-refractivity contribution >= 4 is 24.2 Å². The third-order valence-electron chi connectivity index (χ3n) is 2.06. The third kappa shape index (κ3) is 2.99. The fourth-order valence-electron chi connectivity index (χ4n) is 1.20. The molecular formula is C8H10NO5PS. The molecule has 0 radical (unpaired) electrons. The van der Waals surface area contributed by atoms with Crippen molar-refractivity contribution in [1.29, 1.82) is 0 Å². The van der Waals surface area contributed by atoms with Crippen LogP contribution >= 0.6 is 6.72 Å². The van der Waals surface area contributed by atoms with Crippen LogP contribution < -0.4 is 4.52 Å². The fourth-order valence-corrected chi connectivity index (χ4v) is 1.85. The molecule has 8 heteroatoms. The number of hydrogen-bond donors (Lipinski definition) is 2. The van der Waals surface area contributed by atoms with E-state index in [0.29, 0.717) is 11.1 Å². The molecule has 0 amide bonds. The summed E-state index contributed by atoms with van der Waals surface area (Å²) >= 11 is 4.27. The molecule has 0 unspecified atom stereocenters. The minimum atomic E-state index is -3.96. The largest absolute Gasteiger partial charge is 0.417 e. The van der Waals surface area contributed by atoms with Gasteiger partial charge in [-0.1, -0.05) is 6.07 Å². The van der Waals surface area contributed by atoms with Gasteiger partial charge in [0.05, 0.1) is 4.92 Å². The normalized spacial score (nSPS) is 11.2. The SMILES string of the molecule is Cc1ccc(OP(O)(O)=S)c([N+](=O)[O-])c1C. The van der Waals surface area contributed by atoms with E-state index in [2.05, 4.69) is 16.3 Å². The molecule has 0 aromatic heterocycles. The Balaban J connectivity index is 3.35. The van der Waals surface area contributed by atoms with Gasteiger partial charge in [0, 0.05) is 17.4 Å². The topological polar surface area (TPSA) is 92.8 Å². The highest BCUT2D eigenvalue weighted by molar-refractivity contribution is 8.06. The molecule has 0 aliphatic heterocycles. The van der Waals surface area contributed by atoms with Crippen molar-refractivity contribution in [2.45, 2.75) is 13.8 Å². The number of nitro groups is 1. The summed E-state index contributed by atoms with van der Waals surface area (Å²) in [7, 11) is 0. The maximum Gasteiger partial charge on any atom is 0.375 e. The molecule has 0 aliphatic carbocycles. The highest BCUT2D eigenvalue weighted by Crippen LogP contribution is 2.43. The minimum absolute atomic E-state index is 0.221. The van der Waals surface area contributed by atoms with Crippen LogP contribution in [0, 0.1) is 24.0 Å². The molecule has 1 rings (SSSR count). The highest BCUT2D eigenvalue weighted by atomic mass is 32.5. The van der Waals surface area contributed by atoms with Crippen molar-refractivity contribution in [3.8, 4) is 5.75 Å². The van der Waals surface area contributed by atoms with E-state index < -0.39 is 11.6 Å². The molecule has 0 saturated carbocycles. The van der Waals surface area contributed by atoms with Crippen LogP contribution in [0.3, 0.4) is 0 Å². The average Bonchev–Trinajstić information content (AvgIpc) is 2.08. The Morgan fingerprint density at radius 3 is 2.44 bits per heavy atom.